The summed E-state index contributed by atoms with van der Waals surface area (Å²) < 4.78 is 0. The van der Waals surface area contributed by atoms with Crippen LogP contribution in [-0.2, 0) is 0 Å². The summed E-state index contributed by atoms with van der Waals surface area (Å²) in [6.07, 6.45) is 0.560. The number of benzene rings is 1. The molecule has 0 heterocycles. The van der Waals surface area contributed by atoms with E-state index < -0.39 is 0 Å². The lowest BCUT2D eigenvalue weighted by atomic mass is 10.1. The topological polar surface area (TPSA) is 46.3 Å². The van der Waals surface area contributed by atoms with E-state index in [1.807, 2.05) is 44.7 Å². The Morgan fingerprint density at radius 3 is 2.21 bits per heavy atom. The summed E-state index contributed by atoms with van der Waals surface area (Å²) in [7, 11) is 0. The highest BCUT2D eigenvalue weighted by molar-refractivity contribution is 7.80. The first-order valence-electron chi connectivity index (χ1n) is 6.49. The highest BCUT2D eigenvalue weighted by atomic mass is 32.1. The number of hydrogen-bond donors (Lipinski definition) is 1. The molecule has 104 valence electrons. The fourth-order valence-corrected chi connectivity index (χ4v) is 2.18. The van der Waals surface area contributed by atoms with Gasteiger partial charge in [-0.25, -0.2) is 0 Å². The molecule has 0 fully saturated rings. The Balaban J connectivity index is 2.95. The summed E-state index contributed by atoms with van der Waals surface area (Å²) in [6.45, 7) is 8.57. The number of nitrogens with two attached hydrogens (primary N) is 1. The van der Waals surface area contributed by atoms with Crippen LogP contribution in [0.5, 0.6) is 0 Å². The number of carbonyl (C=O) groups is 1. The molecule has 0 aromatic heterocycles. The lowest BCUT2D eigenvalue weighted by Crippen LogP contribution is -2.39. The van der Waals surface area contributed by atoms with Crippen LogP contribution in [0, 0.1) is 13.8 Å². The molecular formula is C15H22N2OS. The van der Waals surface area contributed by atoms with Gasteiger partial charge in [0.25, 0.3) is 5.91 Å². The van der Waals surface area contributed by atoms with Crippen molar-refractivity contribution >= 4 is 23.1 Å². The van der Waals surface area contributed by atoms with Crippen molar-refractivity contribution in [3.63, 3.8) is 0 Å². The normalized spacial score (nSPS) is 10.6. The third-order valence-electron chi connectivity index (χ3n) is 2.95. The van der Waals surface area contributed by atoms with Gasteiger partial charge < -0.3 is 10.6 Å². The van der Waals surface area contributed by atoms with E-state index >= 15 is 0 Å². The van der Waals surface area contributed by atoms with Crippen LogP contribution < -0.4 is 5.73 Å². The Bertz CT molecular complexity index is 463. The Labute approximate surface area is 120 Å². The Kier molecular flexibility index (Phi) is 5.48. The lowest BCUT2D eigenvalue weighted by molar-refractivity contribution is 0.0711. The molecule has 4 heteroatoms. The van der Waals surface area contributed by atoms with Crippen molar-refractivity contribution in [1.82, 2.24) is 4.90 Å². The number of hydrogen-bond acceptors (Lipinski definition) is 2. The van der Waals surface area contributed by atoms with Gasteiger partial charge in [-0.1, -0.05) is 29.4 Å². The SMILES string of the molecule is Cc1cc(C)cc(C(=O)N(CCC(N)=S)C(C)C)c1. The van der Waals surface area contributed by atoms with Gasteiger partial charge in [0.2, 0.25) is 0 Å². The number of thiocarbonyl (C=S) groups is 1. The largest absolute Gasteiger partial charge is 0.393 e. The Morgan fingerprint density at radius 2 is 1.79 bits per heavy atom. The monoisotopic (exact) mass is 278 g/mol. The van der Waals surface area contributed by atoms with E-state index in [1.54, 1.807) is 0 Å². The first-order valence-corrected chi connectivity index (χ1v) is 6.89. The molecule has 0 aliphatic rings. The van der Waals surface area contributed by atoms with Gasteiger partial charge >= 0.3 is 0 Å². The average Bonchev–Trinajstić information content (AvgIpc) is 2.26. The van der Waals surface area contributed by atoms with E-state index in [0.29, 0.717) is 18.0 Å². The quantitative estimate of drug-likeness (QED) is 0.842. The van der Waals surface area contributed by atoms with Crippen LogP contribution in [0.2, 0.25) is 0 Å². The molecule has 1 aromatic rings. The second-order valence-electron chi connectivity index (χ2n) is 5.18. The van der Waals surface area contributed by atoms with Gasteiger partial charge in [0.05, 0.1) is 4.99 Å². The molecular weight excluding hydrogens is 256 g/mol. The zero-order valence-electron chi connectivity index (χ0n) is 12.1. The average molecular weight is 278 g/mol. The van der Waals surface area contributed by atoms with Gasteiger partial charge in [-0.3, -0.25) is 4.79 Å². The highest BCUT2D eigenvalue weighted by Gasteiger charge is 2.19. The third kappa shape index (κ3) is 4.63. The van der Waals surface area contributed by atoms with Crippen molar-refractivity contribution < 1.29 is 4.79 Å². The summed E-state index contributed by atoms with van der Waals surface area (Å²) in [5, 5.41) is 0. The molecule has 0 unspecified atom stereocenters. The van der Waals surface area contributed by atoms with E-state index in [9.17, 15) is 4.79 Å². The van der Waals surface area contributed by atoms with Crippen molar-refractivity contribution in [2.24, 2.45) is 5.73 Å². The highest BCUT2D eigenvalue weighted by Crippen LogP contribution is 2.13. The summed E-state index contributed by atoms with van der Waals surface area (Å²) in [6, 6.07) is 6.03. The summed E-state index contributed by atoms with van der Waals surface area (Å²) in [4.78, 5) is 14.8. The van der Waals surface area contributed by atoms with E-state index in [0.717, 1.165) is 16.7 Å². The summed E-state index contributed by atoms with van der Waals surface area (Å²) in [5.41, 5.74) is 8.45. The summed E-state index contributed by atoms with van der Waals surface area (Å²) >= 11 is 4.89. The van der Waals surface area contributed by atoms with Crippen molar-refractivity contribution in [3.05, 3.63) is 34.9 Å². The maximum atomic E-state index is 12.5. The lowest BCUT2D eigenvalue weighted by Gasteiger charge is -2.27. The third-order valence-corrected chi connectivity index (χ3v) is 3.16. The van der Waals surface area contributed by atoms with Crippen LogP contribution in [0.25, 0.3) is 0 Å². The molecule has 3 nitrogen and oxygen atoms in total. The van der Waals surface area contributed by atoms with Crippen LogP contribution >= 0.6 is 12.2 Å². The fraction of sp³-hybridized carbons (Fsp3) is 0.467. The number of rotatable bonds is 5. The maximum absolute atomic E-state index is 12.5. The van der Waals surface area contributed by atoms with E-state index in [4.69, 9.17) is 18.0 Å². The first-order chi connectivity index (χ1) is 8.81. The molecule has 0 radical (unpaired) electrons. The number of nitrogens with zero attached hydrogens (tertiary/aromatic N) is 1. The molecule has 0 aliphatic carbocycles. The molecule has 1 amide bonds. The van der Waals surface area contributed by atoms with Crippen LogP contribution in [-0.4, -0.2) is 28.4 Å². The Morgan fingerprint density at radius 1 is 1.26 bits per heavy atom. The molecule has 19 heavy (non-hydrogen) atoms. The summed E-state index contributed by atoms with van der Waals surface area (Å²) in [5.74, 6) is 0.0399. The predicted molar refractivity (Wildman–Crippen MR) is 83.5 cm³/mol. The van der Waals surface area contributed by atoms with Crippen molar-refractivity contribution in [2.75, 3.05) is 6.54 Å². The minimum absolute atomic E-state index is 0.0399. The molecule has 0 bridgehead atoms. The van der Waals surface area contributed by atoms with Gasteiger partial charge in [-0.2, -0.15) is 0 Å². The van der Waals surface area contributed by atoms with Gasteiger partial charge in [0, 0.05) is 24.6 Å². The molecule has 0 saturated carbocycles. The smallest absolute Gasteiger partial charge is 0.254 e. The maximum Gasteiger partial charge on any atom is 0.254 e. The second kappa shape index (κ2) is 6.66. The van der Waals surface area contributed by atoms with Crippen molar-refractivity contribution in [1.29, 1.82) is 0 Å². The standard InChI is InChI=1S/C15H22N2OS/c1-10(2)17(6-5-14(16)19)15(18)13-8-11(3)7-12(4)9-13/h7-10H,5-6H2,1-4H3,(H2,16,19). The molecule has 1 aromatic carbocycles. The van der Waals surface area contributed by atoms with E-state index in [1.165, 1.54) is 0 Å². The minimum Gasteiger partial charge on any atom is -0.393 e. The zero-order chi connectivity index (χ0) is 14.6. The first kappa shape index (κ1) is 15.6. The number of carbonyl (C=O) groups excluding carboxylic acids is 1. The van der Waals surface area contributed by atoms with Crippen LogP contribution in [0.3, 0.4) is 0 Å². The molecule has 0 aliphatic heterocycles. The minimum atomic E-state index is 0.0399. The molecule has 2 N–H and O–H groups in total. The van der Waals surface area contributed by atoms with Gasteiger partial charge in [-0.15, -0.1) is 0 Å². The number of aryl methyl sites for hydroxylation is 2. The van der Waals surface area contributed by atoms with Crippen molar-refractivity contribution in [3.8, 4) is 0 Å². The predicted octanol–water partition coefficient (Wildman–Crippen LogP) is 2.83. The Hall–Kier alpha value is -1.42. The molecule has 0 atom stereocenters. The van der Waals surface area contributed by atoms with Gasteiger partial charge in [0.1, 0.15) is 0 Å². The van der Waals surface area contributed by atoms with Crippen LogP contribution in [0.15, 0.2) is 18.2 Å². The zero-order valence-corrected chi connectivity index (χ0v) is 12.9. The second-order valence-corrected chi connectivity index (χ2v) is 5.71. The van der Waals surface area contributed by atoms with Gasteiger partial charge in [0.15, 0.2) is 0 Å². The van der Waals surface area contributed by atoms with Crippen LogP contribution in [0.1, 0.15) is 41.8 Å². The van der Waals surface area contributed by atoms with Crippen molar-refractivity contribution in [2.45, 2.75) is 40.2 Å². The van der Waals surface area contributed by atoms with E-state index in [2.05, 4.69) is 6.07 Å². The van der Waals surface area contributed by atoms with Gasteiger partial charge in [-0.05, 0) is 39.8 Å². The fourth-order valence-electron chi connectivity index (χ4n) is 2.09. The van der Waals surface area contributed by atoms with E-state index in [-0.39, 0.29) is 11.9 Å². The van der Waals surface area contributed by atoms with Crippen LogP contribution in [0.4, 0.5) is 0 Å². The number of amides is 1. The molecule has 1 rings (SSSR count). The molecule has 0 spiro atoms. The molecule has 0 saturated heterocycles.